The summed E-state index contributed by atoms with van der Waals surface area (Å²) in [6.45, 7) is 1.51. The van der Waals surface area contributed by atoms with Crippen LogP contribution in [0.5, 0.6) is 0 Å². The van der Waals surface area contributed by atoms with Gasteiger partial charge < -0.3 is 10.9 Å². The van der Waals surface area contributed by atoms with Crippen LogP contribution in [0.25, 0.3) is 0 Å². The monoisotopic (exact) mass is 348 g/mol. The number of benzene rings is 1. The van der Waals surface area contributed by atoms with E-state index in [1.165, 1.54) is 0 Å². The zero-order valence-corrected chi connectivity index (χ0v) is 13.3. The van der Waals surface area contributed by atoms with Crippen LogP contribution in [-0.4, -0.2) is 28.0 Å². The molecule has 0 aliphatic carbocycles. The van der Waals surface area contributed by atoms with Crippen molar-refractivity contribution in [3.63, 3.8) is 0 Å². The molecule has 0 aliphatic heterocycles. The van der Waals surface area contributed by atoms with Crippen molar-refractivity contribution < 1.29 is 5.21 Å². The molecule has 0 aliphatic rings. The summed E-state index contributed by atoms with van der Waals surface area (Å²) >= 11 is 3.37. The summed E-state index contributed by atoms with van der Waals surface area (Å²) in [5.41, 5.74) is 8.42. The Labute approximate surface area is 132 Å². The van der Waals surface area contributed by atoms with E-state index in [1.54, 1.807) is 6.20 Å². The maximum atomic E-state index is 8.72. The van der Waals surface area contributed by atoms with E-state index in [4.69, 9.17) is 10.9 Å². The molecule has 21 heavy (non-hydrogen) atoms. The van der Waals surface area contributed by atoms with Gasteiger partial charge in [0, 0.05) is 29.3 Å². The molecule has 6 heteroatoms. The van der Waals surface area contributed by atoms with E-state index in [0.717, 1.165) is 28.8 Å². The lowest BCUT2D eigenvalue weighted by Crippen LogP contribution is -2.19. The molecular weight excluding hydrogens is 332 g/mol. The van der Waals surface area contributed by atoms with Crippen LogP contribution < -0.4 is 5.73 Å². The molecule has 0 saturated carbocycles. The molecule has 0 fully saturated rings. The molecular formula is C15H17BrN4O. The Bertz CT molecular complexity index is 628. The second kappa shape index (κ2) is 7.19. The molecule has 2 aromatic rings. The third kappa shape index (κ3) is 4.54. The second-order valence-corrected chi connectivity index (χ2v) is 5.74. The van der Waals surface area contributed by atoms with Crippen molar-refractivity contribution in [1.29, 1.82) is 0 Å². The smallest absolute Gasteiger partial charge is 0.170 e. The quantitative estimate of drug-likeness (QED) is 0.377. The van der Waals surface area contributed by atoms with Gasteiger partial charge in [0.15, 0.2) is 5.84 Å². The topological polar surface area (TPSA) is 74.7 Å². The molecule has 0 saturated heterocycles. The number of hydrogen-bond donors (Lipinski definition) is 2. The largest absolute Gasteiger partial charge is 0.409 e. The van der Waals surface area contributed by atoms with Gasteiger partial charge in [-0.3, -0.25) is 9.88 Å². The van der Waals surface area contributed by atoms with Crippen LogP contribution in [0.15, 0.2) is 52.2 Å². The Morgan fingerprint density at radius 1 is 1.33 bits per heavy atom. The van der Waals surface area contributed by atoms with Gasteiger partial charge in [-0.2, -0.15) is 0 Å². The fraction of sp³-hybridized carbons (Fsp3) is 0.200. The highest BCUT2D eigenvalue weighted by Gasteiger charge is 2.05. The van der Waals surface area contributed by atoms with Crippen molar-refractivity contribution in [2.75, 3.05) is 7.05 Å². The summed E-state index contributed by atoms with van der Waals surface area (Å²) < 4.78 is 0.973. The number of halogens is 1. The Morgan fingerprint density at radius 3 is 2.81 bits per heavy atom. The fourth-order valence-corrected chi connectivity index (χ4v) is 2.27. The fourth-order valence-electron chi connectivity index (χ4n) is 2.03. The van der Waals surface area contributed by atoms with Crippen molar-refractivity contribution in [3.8, 4) is 0 Å². The van der Waals surface area contributed by atoms with Crippen LogP contribution >= 0.6 is 15.9 Å². The molecule has 0 unspecified atom stereocenters. The van der Waals surface area contributed by atoms with E-state index in [9.17, 15) is 0 Å². The minimum Gasteiger partial charge on any atom is -0.409 e. The molecule has 0 atom stereocenters. The minimum atomic E-state index is 0.120. The average molecular weight is 349 g/mol. The summed E-state index contributed by atoms with van der Waals surface area (Å²) in [6, 6.07) is 11.6. The van der Waals surface area contributed by atoms with Gasteiger partial charge in [-0.1, -0.05) is 23.4 Å². The number of rotatable bonds is 5. The van der Waals surface area contributed by atoms with Crippen LogP contribution in [-0.2, 0) is 13.1 Å². The Kier molecular flexibility index (Phi) is 5.30. The summed E-state index contributed by atoms with van der Waals surface area (Å²) in [4.78, 5) is 6.51. The van der Waals surface area contributed by atoms with E-state index in [1.807, 2.05) is 43.4 Å². The third-order valence-electron chi connectivity index (χ3n) is 3.00. The second-order valence-electron chi connectivity index (χ2n) is 4.83. The highest BCUT2D eigenvalue weighted by Crippen LogP contribution is 2.11. The Hall–Kier alpha value is -1.92. The predicted molar refractivity (Wildman–Crippen MR) is 86.1 cm³/mol. The number of oxime groups is 1. The number of aromatic nitrogens is 1. The Balaban J connectivity index is 2.02. The van der Waals surface area contributed by atoms with E-state index in [0.29, 0.717) is 5.56 Å². The lowest BCUT2D eigenvalue weighted by atomic mass is 10.1. The predicted octanol–water partition coefficient (Wildman–Crippen LogP) is 2.57. The maximum Gasteiger partial charge on any atom is 0.170 e. The number of pyridine rings is 1. The molecule has 110 valence electrons. The molecule has 0 radical (unpaired) electrons. The molecule has 0 spiro atoms. The first-order chi connectivity index (χ1) is 10.1. The molecule has 0 bridgehead atoms. The Morgan fingerprint density at radius 2 is 2.14 bits per heavy atom. The van der Waals surface area contributed by atoms with Crippen molar-refractivity contribution in [3.05, 3.63) is 63.9 Å². The summed E-state index contributed by atoms with van der Waals surface area (Å²) in [5, 5.41) is 11.7. The first-order valence-corrected chi connectivity index (χ1v) is 7.23. The lowest BCUT2D eigenvalue weighted by molar-refractivity contribution is 0.315. The number of nitrogens with two attached hydrogens (primary N) is 1. The van der Waals surface area contributed by atoms with Crippen LogP contribution in [0, 0.1) is 0 Å². The first-order valence-electron chi connectivity index (χ1n) is 6.44. The van der Waals surface area contributed by atoms with Crippen LogP contribution in [0.3, 0.4) is 0 Å². The highest BCUT2D eigenvalue weighted by molar-refractivity contribution is 9.10. The summed E-state index contributed by atoms with van der Waals surface area (Å²) in [5.74, 6) is 0.120. The van der Waals surface area contributed by atoms with Crippen LogP contribution in [0.1, 0.15) is 16.8 Å². The van der Waals surface area contributed by atoms with Crippen LogP contribution in [0.4, 0.5) is 0 Å². The SMILES string of the molecule is CN(Cc1cccc(/C(N)=N/O)c1)Cc1ccc(Br)cn1. The van der Waals surface area contributed by atoms with Crippen molar-refractivity contribution in [2.24, 2.45) is 10.9 Å². The van der Waals surface area contributed by atoms with E-state index in [-0.39, 0.29) is 5.84 Å². The number of hydrogen-bond acceptors (Lipinski definition) is 4. The minimum absolute atomic E-state index is 0.120. The third-order valence-corrected chi connectivity index (χ3v) is 3.47. The van der Waals surface area contributed by atoms with Gasteiger partial charge >= 0.3 is 0 Å². The lowest BCUT2D eigenvalue weighted by Gasteiger charge is -2.16. The van der Waals surface area contributed by atoms with E-state index < -0.39 is 0 Å². The molecule has 5 nitrogen and oxygen atoms in total. The molecule has 1 heterocycles. The zero-order chi connectivity index (χ0) is 15.2. The van der Waals surface area contributed by atoms with Gasteiger partial charge in [0.2, 0.25) is 0 Å². The maximum absolute atomic E-state index is 8.72. The normalized spacial score (nSPS) is 11.9. The number of nitrogens with zero attached hydrogens (tertiary/aromatic N) is 3. The first kappa shape index (κ1) is 15.5. The van der Waals surface area contributed by atoms with E-state index >= 15 is 0 Å². The number of amidine groups is 1. The van der Waals surface area contributed by atoms with Crippen molar-refractivity contribution in [2.45, 2.75) is 13.1 Å². The van der Waals surface area contributed by atoms with Gasteiger partial charge in [-0.25, -0.2) is 0 Å². The van der Waals surface area contributed by atoms with Gasteiger partial charge in [-0.15, -0.1) is 0 Å². The van der Waals surface area contributed by atoms with Crippen molar-refractivity contribution in [1.82, 2.24) is 9.88 Å². The van der Waals surface area contributed by atoms with Gasteiger partial charge in [0.1, 0.15) is 0 Å². The highest BCUT2D eigenvalue weighted by atomic mass is 79.9. The molecule has 3 N–H and O–H groups in total. The van der Waals surface area contributed by atoms with Crippen LogP contribution in [0.2, 0.25) is 0 Å². The molecule has 2 rings (SSSR count). The molecule has 1 aromatic carbocycles. The van der Waals surface area contributed by atoms with E-state index in [2.05, 4.69) is 31.0 Å². The molecule has 0 amide bonds. The van der Waals surface area contributed by atoms with Gasteiger partial charge in [0.25, 0.3) is 0 Å². The average Bonchev–Trinajstić information content (AvgIpc) is 2.49. The van der Waals surface area contributed by atoms with Gasteiger partial charge in [-0.05, 0) is 46.7 Å². The standard InChI is InChI=1S/C15H17BrN4O/c1-20(10-14-6-5-13(16)8-18-14)9-11-3-2-4-12(7-11)15(17)19-21/h2-8,21H,9-10H2,1H3,(H2,17,19). The zero-order valence-electron chi connectivity index (χ0n) is 11.7. The van der Waals surface area contributed by atoms with Gasteiger partial charge in [0.05, 0.1) is 5.69 Å². The summed E-state index contributed by atoms with van der Waals surface area (Å²) in [6.07, 6.45) is 1.79. The molecule has 1 aromatic heterocycles. The van der Waals surface area contributed by atoms with Crippen molar-refractivity contribution >= 4 is 21.8 Å². The summed E-state index contributed by atoms with van der Waals surface area (Å²) in [7, 11) is 2.03.